The summed E-state index contributed by atoms with van der Waals surface area (Å²) in [6.07, 6.45) is 3.92. The Labute approximate surface area is 108 Å². The molecule has 0 N–H and O–H groups in total. The monoisotopic (exact) mass is 338 g/mol. The van der Waals surface area contributed by atoms with Gasteiger partial charge in [0.05, 0.1) is 0 Å². The molecule has 0 aromatic heterocycles. The molecule has 4 nitrogen and oxygen atoms in total. The van der Waals surface area contributed by atoms with Gasteiger partial charge in [0.1, 0.15) is 6.10 Å². The van der Waals surface area contributed by atoms with E-state index in [4.69, 9.17) is 9.47 Å². The third kappa shape index (κ3) is 2.19. The number of carbonyl (C=O) groups is 2. The fourth-order valence-corrected chi connectivity index (χ4v) is 3.40. The molecule has 0 amide bonds. The van der Waals surface area contributed by atoms with Crippen LogP contribution >= 0.6 is 22.6 Å². The van der Waals surface area contributed by atoms with E-state index in [0.29, 0.717) is 16.8 Å². The predicted molar refractivity (Wildman–Crippen MR) is 65.3 cm³/mol. The molecule has 2 bridgehead atoms. The molecule has 0 aromatic carbocycles. The second-order valence-electron chi connectivity index (χ2n) is 4.48. The molecule has 3 aliphatic rings. The molecule has 3 fully saturated rings. The number of ether oxygens (including phenoxy) is 2. The molecule has 3 rings (SSSR count). The lowest BCUT2D eigenvalue weighted by Gasteiger charge is -2.41. The van der Waals surface area contributed by atoms with Gasteiger partial charge in [0.2, 0.25) is 5.60 Å². The summed E-state index contributed by atoms with van der Waals surface area (Å²) in [5.41, 5.74) is -0.987. The molecule has 1 saturated carbocycles. The minimum atomic E-state index is -0.987. The van der Waals surface area contributed by atoms with Crippen LogP contribution in [0, 0.1) is 0 Å². The Kier molecular flexibility index (Phi) is 3.42. The number of alkyl halides is 1. The van der Waals surface area contributed by atoms with E-state index in [1.54, 1.807) is 0 Å². The number of halogens is 1. The van der Waals surface area contributed by atoms with E-state index >= 15 is 0 Å². The second kappa shape index (κ2) is 4.50. The number of rotatable bonds is 1. The number of carbonyl (C=O) groups excluding carboxylic acids is 2. The van der Waals surface area contributed by atoms with Crippen molar-refractivity contribution in [2.75, 3.05) is 0 Å². The van der Waals surface area contributed by atoms with Gasteiger partial charge in [-0.25, -0.2) is 4.79 Å². The van der Waals surface area contributed by atoms with Crippen LogP contribution in [0.4, 0.5) is 0 Å². The van der Waals surface area contributed by atoms with Crippen molar-refractivity contribution in [2.24, 2.45) is 0 Å². The molecular formula is C11H15IO4. The van der Waals surface area contributed by atoms with Crippen molar-refractivity contribution in [1.29, 1.82) is 0 Å². The van der Waals surface area contributed by atoms with E-state index in [9.17, 15) is 9.59 Å². The Morgan fingerprint density at radius 3 is 2.88 bits per heavy atom. The summed E-state index contributed by atoms with van der Waals surface area (Å²) in [6.45, 7) is 1.34. The third-order valence-corrected chi connectivity index (χ3v) is 4.69. The van der Waals surface area contributed by atoms with Gasteiger partial charge in [0.15, 0.2) is 0 Å². The summed E-state index contributed by atoms with van der Waals surface area (Å²) in [7, 11) is 0. The SMILES string of the molecule is CC(=O)O[C@]12CCCC(I)[C@H](CC1)OC2=O. The Bertz CT molecular complexity index is 313. The number of esters is 2. The van der Waals surface area contributed by atoms with Gasteiger partial charge in [-0.15, -0.1) is 0 Å². The maximum Gasteiger partial charge on any atom is 0.350 e. The van der Waals surface area contributed by atoms with Crippen molar-refractivity contribution >= 4 is 34.5 Å². The maximum atomic E-state index is 11.9. The van der Waals surface area contributed by atoms with Gasteiger partial charge < -0.3 is 9.47 Å². The molecule has 16 heavy (non-hydrogen) atoms. The Hall–Kier alpha value is -0.330. The van der Waals surface area contributed by atoms with Gasteiger partial charge in [-0.3, -0.25) is 4.79 Å². The van der Waals surface area contributed by atoms with Crippen molar-refractivity contribution in [1.82, 2.24) is 0 Å². The molecule has 2 aliphatic heterocycles. The van der Waals surface area contributed by atoms with Gasteiger partial charge in [-0.05, 0) is 25.7 Å². The summed E-state index contributed by atoms with van der Waals surface area (Å²) in [5, 5.41) is 0. The Morgan fingerprint density at radius 1 is 1.50 bits per heavy atom. The lowest BCUT2D eigenvalue weighted by molar-refractivity contribution is -0.198. The minimum absolute atomic E-state index is 0.00270. The first kappa shape index (κ1) is 12.1. The van der Waals surface area contributed by atoms with E-state index in [2.05, 4.69) is 22.6 Å². The zero-order chi connectivity index (χ0) is 11.8. The highest BCUT2D eigenvalue weighted by molar-refractivity contribution is 14.1. The Balaban J connectivity index is 2.19. The minimum Gasteiger partial charge on any atom is -0.458 e. The van der Waals surface area contributed by atoms with Crippen molar-refractivity contribution < 1.29 is 19.1 Å². The van der Waals surface area contributed by atoms with Crippen LogP contribution in [-0.4, -0.2) is 27.6 Å². The van der Waals surface area contributed by atoms with Crippen LogP contribution in [0.1, 0.15) is 39.0 Å². The molecule has 1 aliphatic carbocycles. The number of hydrogen-bond acceptors (Lipinski definition) is 4. The first-order chi connectivity index (χ1) is 7.53. The van der Waals surface area contributed by atoms with Crippen LogP contribution in [0.15, 0.2) is 0 Å². The van der Waals surface area contributed by atoms with Crippen LogP contribution < -0.4 is 0 Å². The standard InChI is InChI=1S/C11H15IO4/c1-7(13)16-11-5-2-3-8(12)9(4-6-11)15-10(11)14/h8-9H,2-6H2,1H3/t8?,9-,11+/m0/s1. The maximum absolute atomic E-state index is 11.9. The average molecular weight is 338 g/mol. The first-order valence-corrected chi connectivity index (χ1v) is 6.83. The molecule has 1 unspecified atom stereocenters. The van der Waals surface area contributed by atoms with E-state index in [1.807, 2.05) is 0 Å². The molecule has 0 aromatic rings. The summed E-state index contributed by atoms with van der Waals surface area (Å²) in [5.74, 6) is -0.748. The van der Waals surface area contributed by atoms with Crippen molar-refractivity contribution in [3.63, 3.8) is 0 Å². The van der Waals surface area contributed by atoms with Gasteiger partial charge in [0, 0.05) is 17.3 Å². The normalized spacial score (nSPS) is 38.5. The quantitative estimate of drug-likeness (QED) is 0.417. The van der Waals surface area contributed by atoms with Crippen molar-refractivity contribution in [2.45, 2.75) is 54.7 Å². The highest BCUT2D eigenvalue weighted by Crippen LogP contribution is 2.39. The van der Waals surface area contributed by atoms with Crippen molar-refractivity contribution in [3.05, 3.63) is 0 Å². The number of hydrogen-bond donors (Lipinski definition) is 0. The molecular weight excluding hydrogens is 323 g/mol. The third-order valence-electron chi connectivity index (χ3n) is 3.27. The zero-order valence-corrected chi connectivity index (χ0v) is 11.4. The first-order valence-electron chi connectivity index (χ1n) is 5.58. The molecule has 5 heteroatoms. The fourth-order valence-electron chi connectivity index (χ4n) is 2.45. The van der Waals surface area contributed by atoms with Gasteiger partial charge in [-0.2, -0.15) is 0 Å². The molecule has 3 atom stereocenters. The van der Waals surface area contributed by atoms with Crippen LogP contribution in [-0.2, 0) is 19.1 Å². The molecule has 2 heterocycles. The highest BCUT2D eigenvalue weighted by Gasteiger charge is 2.50. The largest absolute Gasteiger partial charge is 0.458 e. The van der Waals surface area contributed by atoms with E-state index in [1.165, 1.54) is 6.92 Å². The van der Waals surface area contributed by atoms with Crippen LogP contribution in [0.3, 0.4) is 0 Å². The Morgan fingerprint density at radius 2 is 2.25 bits per heavy atom. The zero-order valence-electron chi connectivity index (χ0n) is 9.20. The molecule has 2 saturated heterocycles. The second-order valence-corrected chi connectivity index (χ2v) is 6.08. The van der Waals surface area contributed by atoms with Crippen LogP contribution in [0.25, 0.3) is 0 Å². The molecule has 0 radical (unpaired) electrons. The smallest absolute Gasteiger partial charge is 0.350 e. The van der Waals surface area contributed by atoms with E-state index in [-0.39, 0.29) is 12.1 Å². The van der Waals surface area contributed by atoms with E-state index in [0.717, 1.165) is 19.3 Å². The van der Waals surface area contributed by atoms with Gasteiger partial charge >= 0.3 is 11.9 Å². The summed E-state index contributed by atoms with van der Waals surface area (Å²) in [6, 6.07) is 0. The van der Waals surface area contributed by atoms with Gasteiger partial charge in [-0.1, -0.05) is 22.6 Å². The van der Waals surface area contributed by atoms with Crippen LogP contribution in [0.2, 0.25) is 0 Å². The lowest BCUT2D eigenvalue weighted by Crippen LogP contribution is -2.52. The fraction of sp³-hybridized carbons (Fsp3) is 0.818. The topological polar surface area (TPSA) is 52.6 Å². The van der Waals surface area contributed by atoms with Crippen LogP contribution in [0.5, 0.6) is 0 Å². The van der Waals surface area contributed by atoms with E-state index < -0.39 is 11.6 Å². The average Bonchev–Trinajstić information content (AvgIpc) is 2.19. The van der Waals surface area contributed by atoms with Gasteiger partial charge in [0.25, 0.3) is 0 Å². The number of fused-ring (bicyclic) bond motifs is 5. The lowest BCUT2D eigenvalue weighted by atomic mass is 9.83. The molecule has 0 spiro atoms. The summed E-state index contributed by atoms with van der Waals surface area (Å²) in [4.78, 5) is 23.0. The van der Waals surface area contributed by atoms with Crippen molar-refractivity contribution in [3.8, 4) is 0 Å². The summed E-state index contributed by atoms with van der Waals surface area (Å²) >= 11 is 2.34. The highest BCUT2D eigenvalue weighted by atomic mass is 127. The predicted octanol–water partition coefficient (Wildman–Crippen LogP) is 1.98. The summed E-state index contributed by atoms with van der Waals surface area (Å²) < 4.78 is 11.0. The molecule has 90 valence electrons.